The van der Waals surface area contributed by atoms with Crippen LogP contribution in [0.4, 0.5) is 0 Å². The van der Waals surface area contributed by atoms with Crippen LogP contribution in [0.2, 0.25) is 5.02 Å². The van der Waals surface area contributed by atoms with Gasteiger partial charge in [-0.3, -0.25) is 4.79 Å². The molecular formula is C17H18ClNO3. The van der Waals surface area contributed by atoms with E-state index in [1.807, 2.05) is 30.3 Å². The van der Waals surface area contributed by atoms with Crippen LogP contribution in [0.3, 0.4) is 0 Å². The molecule has 5 heteroatoms. The van der Waals surface area contributed by atoms with Crippen LogP contribution < -0.4 is 14.8 Å². The second kappa shape index (κ2) is 7.71. The van der Waals surface area contributed by atoms with Gasteiger partial charge in [0.15, 0.2) is 0 Å². The molecule has 0 atom stereocenters. The number of carbonyl (C=O) groups is 1. The molecule has 116 valence electrons. The molecule has 2 rings (SSSR count). The summed E-state index contributed by atoms with van der Waals surface area (Å²) in [6, 6.07) is 12.9. The lowest BCUT2D eigenvalue weighted by molar-refractivity contribution is -0.120. The molecular weight excluding hydrogens is 302 g/mol. The van der Waals surface area contributed by atoms with E-state index >= 15 is 0 Å². The van der Waals surface area contributed by atoms with E-state index in [9.17, 15) is 4.79 Å². The quantitative estimate of drug-likeness (QED) is 0.889. The molecule has 0 bridgehead atoms. The molecule has 0 saturated carbocycles. The minimum absolute atomic E-state index is 0.0583. The van der Waals surface area contributed by atoms with E-state index in [1.165, 1.54) is 0 Å². The Balaban J connectivity index is 1.88. The molecule has 0 unspecified atom stereocenters. The Morgan fingerprint density at radius 1 is 1.05 bits per heavy atom. The van der Waals surface area contributed by atoms with Crippen LogP contribution in [-0.4, -0.2) is 20.1 Å². The number of nitrogens with one attached hydrogen (secondary N) is 1. The van der Waals surface area contributed by atoms with E-state index in [4.69, 9.17) is 21.1 Å². The van der Waals surface area contributed by atoms with Gasteiger partial charge < -0.3 is 14.8 Å². The number of benzene rings is 2. The fourth-order valence-corrected chi connectivity index (χ4v) is 2.29. The molecule has 1 amide bonds. The van der Waals surface area contributed by atoms with Crippen molar-refractivity contribution in [1.29, 1.82) is 0 Å². The summed E-state index contributed by atoms with van der Waals surface area (Å²) in [5.74, 6) is 1.34. The van der Waals surface area contributed by atoms with Gasteiger partial charge in [0, 0.05) is 6.54 Å². The monoisotopic (exact) mass is 319 g/mol. The zero-order valence-corrected chi connectivity index (χ0v) is 13.3. The fraction of sp³-hybridized carbons (Fsp3) is 0.235. The first-order chi connectivity index (χ1) is 10.6. The van der Waals surface area contributed by atoms with Gasteiger partial charge in [-0.1, -0.05) is 29.8 Å². The van der Waals surface area contributed by atoms with E-state index in [0.29, 0.717) is 17.3 Å². The molecule has 4 nitrogen and oxygen atoms in total. The van der Waals surface area contributed by atoms with Gasteiger partial charge in [0.25, 0.3) is 0 Å². The van der Waals surface area contributed by atoms with E-state index in [0.717, 1.165) is 16.9 Å². The number of carbonyl (C=O) groups excluding carboxylic acids is 1. The number of halogens is 1. The number of rotatable bonds is 6. The van der Waals surface area contributed by atoms with Gasteiger partial charge in [-0.25, -0.2) is 0 Å². The third kappa shape index (κ3) is 4.40. The van der Waals surface area contributed by atoms with Gasteiger partial charge >= 0.3 is 0 Å². The zero-order valence-electron chi connectivity index (χ0n) is 12.6. The second-order valence-corrected chi connectivity index (χ2v) is 5.18. The van der Waals surface area contributed by atoms with Crippen molar-refractivity contribution in [2.24, 2.45) is 0 Å². The molecule has 2 aromatic rings. The standard InChI is InChI=1S/C17H18ClNO3/c1-21-14-6-3-12(4-7-14)11-19-17(20)10-13-5-8-16(22-2)15(18)9-13/h3-9H,10-11H2,1-2H3,(H,19,20). The fourth-order valence-electron chi connectivity index (χ4n) is 2.01. The maximum Gasteiger partial charge on any atom is 0.224 e. The first kappa shape index (κ1) is 16.2. The first-order valence-electron chi connectivity index (χ1n) is 6.84. The lowest BCUT2D eigenvalue weighted by Crippen LogP contribution is -2.24. The molecule has 0 radical (unpaired) electrons. The van der Waals surface area contributed by atoms with Gasteiger partial charge in [-0.2, -0.15) is 0 Å². The Morgan fingerprint density at radius 3 is 2.32 bits per heavy atom. The summed E-state index contributed by atoms with van der Waals surface area (Å²) < 4.78 is 10.2. The van der Waals surface area contributed by atoms with Crippen molar-refractivity contribution in [2.75, 3.05) is 14.2 Å². The highest BCUT2D eigenvalue weighted by atomic mass is 35.5. The van der Waals surface area contributed by atoms with Crippen molar-refractivity contribution in [3.8, 4) is 11.5 Å². The van der Waals surface area contributed by atoms with E-state index in [-0.39, 0.29) is 12.3 Å². The molecule has 0 heterocycles. The summed E-state index contributed by atoms with van der Waals surface area (Å²) in [4.78, 5) is 12.0. The molecule has 0 aliphatic rings. The third-order valence-electron chi connectivity index (χ3n) is 3.23. The Kier molecular flexibility index (Phi) is 5.67. The van der Waals surface area contributed by atoms with Crippen molar-refractivity contribution in [2.45, 2.75) is 13.0 Å². The largest absolute Gasteiger partial charge is 0.497 e. The molecule has 0 fully saturated rings. The molecule has 0 aliphatic carbocycles. The van der Waals surface area contributed by atoms with Crippen LogP contribution in [0, 0.1) is 0 Å². The molecule has 0 aromatic heterocycles. The molecule has 1 N–H and O–H groups in total. The Morgan fingerprint density at radius 2 is 1.73 bits per heavy atom. The number of hydrogen-bond donors (Lipinski definition) is 1. The minimum atomic E-state index is -0.0583. The van der Waals surface area contributed by atoms with Crippen LogP contribution in [0.5, 0.6) is 11.5 Å². The Bertz CT molecular complexity index is 641. The predicted octanol–water partition coefficient (Wildman–Crippen LogP) is 3.22. The van der Waals surface area contributed by atoms with Gasteiger partial charge in [-0.15, -0.1) is 0 Å². The second-order valence-electron chi connectivity index (χ2n) is 4.77. The van der Waals surface area contributed by atoms with Gasteiger partial charge in [0.2, 0.25) is 5.91 Å². The lowest BCUT2D eigenvalue weighted by Gasteiger charge is -2.08. The summed E-state index contributed by atoms with van der Waals surface area (Å²) in [6.07, 6.45) is 0.278. The highest BCUT2D eigenvalue weighted by Crippen LogP contribution is 2.25. The summed E-state index contributed by atoms with van der Waals surface area (Å²) >= 11 is 6.05. The van der Waals surface area contributed by atoms with Crippen LogP contribution in [-0.2, 0) is 17.8 Å². The number of methoxy groups -OCH3 is 2. The van der Waals surface area contributed by atoms with Crippen molar-refractivity contribution >= 4 is 17.5 Å². The summed E-state index contributed by atoms with van der Waals surface area (Å²) in [5, 5.41) is 3.38. The molecule has 0 spiro atoms. The number of ether oxygens (including phenoxy) is 2. The number of amides is 1. The van der Waals surface area contributed by atoms with Crippen LogP contribution in [0.25, 0.3) is 0 Å². The molecule has 0 aliphatic heterocycles. The summed E-state index contributed by atoms with van der Waals surface area (Å²) in [5.41, 5.74) is 1.86. The minimum Gasteiger partial charge on any atom is -0.497 e. The molecule has 2 aromatic carbocycles. The highest BCUT2D eigenvalue weighted by molar-refractivity contribution is 6.32. The lowest BCUT2D eigenvalue weighted by atomic mass is 10.1. The van der Waals surface area contributed by atoms with Crippen molar-refractivity contribution in [1.82, 2.24) is 5.32 Å². The van der Waals surface area contributed by atoms with Crippen molar-refractivity contribution in [3.63, 3.8) is 0 Å². The van der Waals surface area contributed by atoms with Crippen LogP contribution in [0.15, 0.2) is 42.5 Å². The van der Waals surface area contributed by atoms with Crippen molar-refractivity contribution in [3.05, 3.63) is 58.6 Å². The van der Waals surface area contributed by atoms with Crippen molar-refractivity contribution < 1.29 is 14.3 Å². The zero-order chi connectivity index (χ0) is 15.9. The summed E-state index contributed by atoms with van der Waals surface area (Å²) in [7, 11) is 3.18. The van der Waals surface area contributed by atoms with Gasteiger partial charge in [-0.05, 0) is 35.4 Å². The predicted molar refractivity (Wildman–Crippen MR) is 86.5 cm³/mol. The highest BCUT2D eigenvalue weighted by Gasteiger charge is 2.07. The average Bonchev–Trinajstić information content (AvgIpc) is 2.53. The van der Waals surface area contributed by atoms with Crippen LogP contribution >= 0.6 is 11.6 Å². The smallest absolute Gasteiger partial charge is 0.224 e. The summed E-state index contributed by atoms with van der Waals surface area (Å²) in [6.45, 7) is 0.479. The SMILES string of the molecule is COc1ccc(CNC(=O)Cc2ccc(OC)c(Cl)c2)cc1. The van der Waals surface area contributed by atoms with E-state index in [1.54, 1.807) is 26.4 Å². The van der Waals surface area contributed by atoms with E-state index in [2.05, 4.69) is 5.32 Å². The maximum atomic E-state index is 12.0. The van der Waals surface area contributed by atoms with Gasteiger partial charge in [0.05, 0.1) is 25.7 Å². The van der Waals surface area contributed by atoms with E-state index < -0.39 is 0 Å². The first-order valence-corrected chi connectivity index (χ1v) is 7.22. The normalized spacial score (nSPS) is 10.1. The Labute approximate surface area is 135 Å². The Hall–Kier alpha value is -2.20. The molecule has 0 saturated heterocycles. The topological polar surface area (TPSA) is 47.6 Å². The average molecular weight is 320 g/mol. The maximum absolute atomic E-state index is 12.0. The van der Waals surface area contributed by atoms with Crippen LogP contribution in [0.1, 0.15) is 11.1 Å². The van der Waals surface area contributed by atoms with Gasteiger partial charge in [0.1, 0.15) is 11.5 Å². The number of hydrogen-bond acceptors (Lipinski definition) is 3. The third-order valence-corrected chi connectivity index (χ3v) is 3.52. The molecule has 22 heavy (non-hydrogen) atoms.